The Balaban J connectivity index is 2.05. The average Bonchev–Trinajstić information content (AvgIpc) is 2.62. The Morgan fingerprint density at radius 1 is 1.16 bits per heavy atom. The molecule has 0 spiro atoms. The van der Waals surface area contributed by atoms with E-state index in [-0.39, 0.29) is 19.1 Å². The Kier molecular flexibility index (Phi) is 6.78. The van der Waals surface area contributed by atoms with Crippen LogP contribution in [0.5, 0.6) is 5.75 Å². The number of carboxylic acid groups (broad SMARTS) is 1. The number of carbonyl (C=O) groups is 2. The molecule has 0 aromatic heterocycles. The first-order chi connectivity index (χ1) is 12.0. The second kappa shape index (κ2) is 8.82. The van der Waals surface area contributed by atoms with Gasteiger partial charge in [0.1, 0.15) is 17.8 Å². The van der Waals surface area contributed by atoms with Gasteiger partial charge in [-0.25, -0.2) is 0 Å². The molecule has 1 saturated heterocycles. The molecule has 1 amide bonds. The highest BCUT2D eigenvalue weighted by atomic mass is 16.5. The van der Waals surface area contributed by atoms with Gasteiger partial charge in [0, 0.05) is 32.9 Å². The van der Waals surface area contributed by atoms with E-state index >= 15 is 0 Å². The molecular weight excluding hydrogens is 326 g/mol. The summed E-state index contributed by atoms with van der Waals surface area (Å²) < 4.78 is 15.5. The number of carboxylic acids is 1. The van der Waals surface area contributed by atoms with Crippen molar-refractivity contribution in [3.63, 3.8) is 0 Å². The molecule has 0 aliphatic carbocycles. The van der Waals surface area contributed by atoms with E-state index < -0.39 is 11.4 Å². The van der Waals surface area contributed by atoms with Crippen molar-refractivity contribution in [3.05, 3.63) is 29.8 Å². The standard InChI is InChI=1S/C18H25NO6/c1-23-10-11-25-15-6-4-14(5-7-15)16(20)19-9-3-8-18(12-19,13-24-2)17(21)22/h4-7H,3,8-13H2,1-2H3,(H,21,22). The Morgan fingerprint density at radius 2 is 1.88 bits per heavy atom. The predicted molar refractivity (Wildman–Crippen MR) is 90.9 cm³/mol. The summed E-state index contributed by atoms with van der Waals surface area (Å²) in [6.45, 7) is 1.72. The first kappa shape index (κ1) is 19.2. The number of ether oxygens (including phenoxy) is 3. The lowest BCUT2D eigenvalue weighted by Crippen LogP contribution is -2.52. The van der Waals surface area contributed by atoms with Crippen molar-refractivity contribution in [1.29, 1.82) is 0 Å². The quantitative estimate of drug-likeness (QED) is 0.717. The molecule has 1 heterocycles. The van der Waals surface area contributed by atoms with Crippen LogP contribution in [0.15, 0.2) is 24.3 Å². The minimum atomic E-state index is -1.04. The van der Waals surface area contributed by atoms with E-state index in [4.69, 9.17) is 14.2 Å². The summed E-state index contributed by atoms with van der Waals surface area (Å²) in [7, 11) is 3.08. The van der Waals surface area contributed by atoms with Crippen molar-refractivity contribution >= 4 is 11.9 Å². The van der Waals surface area contributed by atoms with Crippen LogP contribution in [-0.4, -0.2) is 69.0 Å². The average molecular weight is 351 g/mol. The Bertz CT molecular complexity index is 584. The molecular formula is C18H25NO6. The number of methoxy groups -OCH3 is 2. The summed E-state index contributed by atoms with van der Waals surface area (Å²) >= 11 is 0. The molecule has 7 heteroatoms. The third-order valence-electron chi connectivity index (χ3n) is 4.40. The lowest BCUT2D eigenvalue weighted by atomic mass is 9.80. The van der Waals surface area contributed by atoms with Gasteiger partial charge in [-0.3, -0.25) is 9.59 Å². The zero-order valence-corrected chi connectivity index (χ0v) is 14.7. The van der Waals surface area contributed by atoms with E-state index in [0.717, 1.165) is 0 Å². The summed E-state index contributed by atoms with van der Waals surface area (Å²) in [4.78, 5) is 26.0. The van der Waals surface area contributed by atoms with Gasteiger partial charge in [-0.1, -0.05) is 0 Å². The van der Waals surface area contributed by atoms with Crippen molar-refractivity contribution in [3.8, 4) is 5.75 Å². The van der Waals surface area contributed by atoms with E-state index in [9.17, 15) is 14.7 Å². The zero-order chi connectivity index (χ0) is 18.3. The first-order valence-electron chi connectivity index (χ1n) is 8.26. The maximum Gasteiger partial charge on any atom is 0.313 e. The largest absolute Gasteiger partial charge is 0.491 e. The molecule has 0 radical (unpaired) electrons. The van der Waals surface area contributed by atoms with E-state index in [1.807, 2.05) is 0 Å². The lowest BCUT2D eigenvalue weighted by Gasteiger charge is -2.39. The van der Waals surface area contributed by atoms with Crippen LogP contribution in [-0.2, 0) is 14.3 Å². The molecule has 0 saturated carbocycles. The van der Waals surface area contributed by atoms with Crippen LogP contribution in [0.4, 0.5) is 0 Å². The second-order valence-electron chi connectivity index (χ2n) is 6.21. The van der Waals surface area contributed by atoms with E-state index in [0.29, 0.717) is 43.9 Å². The fourth-order valence-electron chi connectivity index (χ4n) is 3.05. The van der Waals surface area contributed by atoms with E-state index in [2.05, 4.69) is 0 Å². The molecule has 1 aromatic rings. The van der Waals surface area contributed by atoms with Crippen molar-refractivity contribution in [2.45, 2.75) is 12.8 Å². The highest BCUT2D eigenvalue weighted by Gasteiger charge is 2.43. The summed E-state index contributed by atoms with van der Waals surface area (Å²) in [5.41, 5.74) is -0.524. The van der Waals surface area contributed by atoms with Crippen molar-refractivity contribution in [2.24, 2.45) is 5.41 Å². The van der Waals surface area contributed by atoms with Crippen molar-refractivity contribution in [1.82, 2.24) is 4.90 Å². The molecule has 7 nitrogen and oxygen atoms in total. The molecule has 138 valence electrons. The first-order valence-corrected chi connectivity index (χ1v) is 8.26. The van der Waals surface area contributed by atoms with Crippen molar-refractivity contribution < 1.29 is 28.9 Å². The summed E-state index contributed by atoms with van der Waals surface area (Å²) in [6, 6.07) is 6.84. The molecule has 1 atom stereocenters. The number of hydrogen-bond acceptors (Lipinski definition) is 5. The van der Waals surface area contributed by atoms with Gasteiger partial charge in [-0.2, -0.15) is 0 Å². The van der Waals surface area contributed by atoms with E-state index in [1.165, 1.54) is 7.11 Å². The smallest absolute Gasteiger partial charge is 0.313 e. The molecule has 0 bridgehead atoms. The third-order valence-corrected chi connectivity index (χ3v) is 4.40. The van der Waals surface area contributed by atoms with Crippen molar-refractivity contribution in [2.75, 3.05) is 47.1 Å². The number of rotatable bonds is 8. The number of benzene rings is 1. The van der Waals surface area contributed by atoms with Gasteiger partial charge in [0.15, 0.2) is 0 Å². The molecule has 25 heavy (non-hydrogen) atoms. The maximum atomic E-state index is 12.7. The van der Waals surface area contributed by atoms with E-state index in [1.54, 1.807) is 36.3 Å². The van der Waals surface area contributed by atoms with Gasteiger partial charge < -0.3 is 24.2 Å². The fourth-order valence-corrected chi connectivity index (χ4v) is 3.05. The number of hydrogen-bond donors (Lipinski definition) is 1. The highest BCUT2D eigenvalue weighted by Crippen LogP contribution is 2.31. The minimum absolute atomic E-state index is 0.0956. The molecule has 1 aromatic carbocycles. The van der Waals surface area contributed by atoms with Gasteiger partial charge in [0.25, 0.3) is 5.91 Å². The van der Waals surface area contributed by atoms with Crippen LogP contribution in [0.1, 0.15) is 23.2 Å². The number of piperidine rings is 1. The maximum absolute atomic E-state index is 12.7. The van der Waals surface area contributed by atoms with Crippen LogP contribution in [0.25, 0.3) is 0 Å². The van der Waals surface area contributed by atoms with Crippen LogP contribution in [0, 0.1) is 5.41 Å². The molecule has 1 fully saturated rings. The topological polar surface area (TPSA) is 85.3 Å². The molecule has 1 aliphatic rings. The monoisotopic (exact) mass is 351 g/mol. The lowest BCUT2D eigenvalue weighted by molar-refractivity contribution is -0.155. The molecule has 1 N–H and O–H groups in total. The Labute approximate surface area is 147 Å². The fraction of sp³-hybridized carbons (Fsp3) is 0.556. The second-order valence-corrected chi connectivity index (χ2v) is 6.21. The van der Waals surface area contributed by atoms with Gasteiger partial charge in [-0.05, 0) is 37.1 Å². The van der Waals surface area contributed by atoms with Crippen LogP contribution >= 0.6 is 0 Å². The summed E-state index contributed by atoms with van der Waals surface area (Å²) in [6.07, 6.45) is 1.14. The molecule has 2 rings (SSSR count). The minimum Gasteiger partial charge on any atom is -0.491 e. The van der Waals surface area contributed by atoms with Gasteiger partial charge in [0.05, 0.1) is 13.2 Å². The van der Waals surface area contributed by atoms with Gasteiger partial charge in [-0.15, -0.1) is 0 Å². The number of carbonyl (C=O) groups excluding carboxylic acids is 1. The molecule has 1 aliphatic heterocycles. The van der Waals surface area contributed by atoms with Crippen LogP contribution in [0.2, 0.25) is 0 Å². The predicted octanol–water partition coefficient (Wildman–Crippen LogP) is 1.67. The van der Waals surface area contributed by atoms with Crippen LogP contribution < -0.4 is 4.74 Å². The normalized spacial score (nSPS) is 20.3. The Morgan fingerprint density at radius 3 is 2.48 bits per heavy atom. The zero-order valence-electron chi connectivity index (χ0n) is 14.7. The number of amides is 1. The summed E-state index contributed by atoms with van der Waals surface area (Å²) in [5.74, 6) is -0.440. The Hall–Kier alpha value is -2.12. The summed E-state index contributed by atoms with van der Waals surface area (Å²) in [5, 5.41) is 9.58. The number of aliphatic carboxylic acids is 1. The molecule has 1 unspecified atom stereocenters. The highest BCUT2D eigenvalue weighted by molar-refractivity contribution is 5.94. The van der Waals surface area contributed by atoms with Gasteiger partial charge in [0.2, 0.25) is 0 Å². The third kappa shape index (κ3) is 4.70. The SMILES string of the molecule is COCCOc1ccc(C(=O)N2CCCC(COC)(C(=O)O)C2)cc1. The number of nitrogens with zero attached hydrogens (tertiary/aromatic N) is 1. The van der Waals surface area contributed by atoms with Gasteiger partial charge >= 0.3 is 5.97 Å². The van der Waals surface area contributed by atoms with Crippen LogP contribution in [0.3, 0.4) is 0 Å². The number of likely N-dealkylation sites (tertiary alicyclic amines) is 1.